The van der Waals surface area contributed by atoms with Gasteiger partial charge in [-0.2, -0.15) is 5.10 Å². The van der Waals surface area contributed by atoms with Crippen LogP contribution in [0.5, 0.6) is 0 Å². The zero-order chi connectivity index (χ0) is 10.8. The first-order chi connectivity index (χ1) is 7.22. The molecule has 3 nitrogen and oxygen atoms in total. The molecule has 1 aromatic rings. The van der Waals surface area contributed by atoms with E-state index in [9.17, 15) is 0 Å². The molecule has 1 heterocycles. The lowest BCUT2D eigenvalue weighted by Crippen LogP contribution is -2.25. The molecule has 0 aliphatic heterocycles. The van der Waals surface area contributed by atoms with Gasteiger partial charge in [-0.1, -0.05) is 19.3 Å². The fourth-order valence-electron chi connectivity index (χ4n) is 2.24. The summed E-state index contributed by atoms with van der Waals surface area (Å²) in [5, 5.41) is 7.66. The van der Waals surface area contributed by atoms with Crippen LogP contribution in [0, 0.1) is 5.92 Å². The molecule has 1 aliphatic rings. The maximum Gasteiger partial charge on any atom is 0.0692 e. The Balaban J connectivity index is 2.10. The van der Waals surface area contributed by atoms with Gasteiger partial charge in [0.05, 0.1) is 22.4 Å². The van der Waals surface area contributed by atoms with Crippen molar-refractivity contribution < 1.29 is 0 Å². The largest absolute Gasteiger partial charge is 0.312 e. The number of nitrogens with one attached hydrogen (secondary N) is 1. The SMILES string of the molecule is CNC(CC1CCC1)c1c(Br)cnn1C. The summed E-state index contributed by atoms with van der Waals surface area (Å²) in [7, 11) is 4.04. The Morgan fingerprint density at radius 1 is 1.67 bits per heavy atom. The predicted molar refractivity (Wildman–Crippen MR) is 64.7 cm³/mol. The lowest BCUT2D eigenvalue weighted by atomic mass is 9.80. The summed E-state index contributed by atoms with van der Waals surface area (Å²) < 4.78 is 3.08. The topological polar surface area (TPSA) is 29.9 Å². The number of halogens is 1. The Labute approximate surface area is 99.4 Å². The normalized spacial score (nSPS) is 18.9. The molecular weight excluding hydrogens is 254 g/mol. The fraction of sp³-hybridized carbons (Fsp3) is 0.727. The van der Waals surface area contributed by atoms with Crippen LogP contribution in [0.3, 0.4) is 0 Å². The second-order valence-electron chi connectivity index (χ2n) is 4.38. The summed E-state index contributed by atoms with van der Waals surface area (Å²) in [6.07, 6.45) is 7.31. The van der Waals surface area contributed by atoms with Crippen molar-refractivity contribution in [3.05, 3.63) is 16.4 Å². The zero-order valence-corrected chi connectivity index (χ0v) is 10.9. The molecule has 0 aromatic carbocycles. The van der Waals surface area contributed by atoms with E-state index in [0.29, 0.717) is 6.04 Å². The smallest absolute Gasteiger partial charge is 0.0692 e. The third kappa shape index (κ3) is 2.26. The molecule has 0 saturated heterocycles. The molecule has 0 radical (unpaired) electrons. The molecule has 1 atom stereocenters. The van der Waals surface area contributed by atoms with E-state index in [1.54, 1.807) is 0 Å². The van der Waals surface area contributed by atoms with E-state index >= 15 is 0 Å². The van der Waals surface area contributed by atoms with Gasteiger partial charge in [0, 0.05) is 7.05 Å². The molecule has 1 saturated carbocycles. The predicted octanol–water partition coefficient (Wildman–Crippen LogP) is 2.63. The van der Waals surface area contributed by atoms with Gasteiger partial charge in [-0.15, -0.1) is 0 Å². The lowest BCUT2D eigenvalue weighted by Gasteiger charge is -2.29. The van der Waals surface area contributed by atoms with Gasteiger partial charge in [0.2, 0.25) is 0 Å². The van der Waals surface area contributed by atoms with Gasteiger partial charge in [0.25, 0.3) is 0 Å². The Kier molecular flexibility index (Phi) is 3.46. The summed E-state index contributed by atoms with van der Waals surface area (Å²) in [6, 6.07) is 0.428. The van der Waals surface area contributed by atoms with E-state index in [0.717, 1.165) is 10.4 Å². The van der Waals surface area contributed by atoms with E-state index in [1.165, 1.54) is 31.4 Å². The van der Waals surface area contributed by atoms with E-state index in [1.807, 2.05) is 25.0 Å². The minimum atomic E-state index is 0.428. The average Bonchev–Trinajstić information content (AvgIpc) is 2.47. The van der Waals surface area contributed by atoms with Crippen LogP contribution < -0.4 is 5.32 Å². The number of aromatic nitrogens is 2. The number of nitrogens with zero attached hydrogens (tertiary/aromatic N) is 2. The molecule has 2 rings (SSSR count). The van der Waals surface area contributed by atoms with Crippen molar-refractivity contribution in [1.82, 2.24) is 15.1 Å². The summed E-state index contributed by atoms with van der Waals surface area (Å²) in [6.45, 7) is 0. The van der Waals surface area contributed by atoms with Crippen molar-refractivity contribution in [3.8, 4) is 0 Å². The highest BCUT2D eigenvalue weighted by molar-refractivity contribution is 9.10. The maximum absolute atomic E-state index is 4.27. The lowest BCUT2D eigenvalue weighted by molar-refractivity contribution is 0.261. The average molecular weight is 272 g/mol. The van der Waals surface area contributed by atoms with Crippen LogP contribution in [0.25, 0.3) is 0 Å². The standard InChI is InChI=1S/C11H18BrN3/c1-13-10(6-8-4-3-5-8)11-9(12)7-14-15(11)2/h7-8,10,13H,3-6H2,1-2H3. The first-order valence-electron chi connectivity index (χ1n) is 5.57. The van der Waals surface area contributed by atoms with Crippen molar-refractivity contribution in [2.24, 2.45) is 13.0 Å². The molecule has 0 bridgehead atoms. The first-order valence-corrected chi connectivity index (χ1v) is 6.36. The van der Waals surface area contributed by atoms with Crippen LogP contribution >= 0.6 is 15.9 Å². The molecule has 0 spiro atoms. The van der Waals surface area contributed by atoms with Crippen LogP contribution in [0.4, 0.5) is 0 Å². The summed E-state index contributed by atoms with van der Waals surface area (Å²) in [5.41, 5.74) is 1.27. The molecule has 15 heavy (non-hydrogen) atoms. The van der Waals surface area contributed by atoms with Crippen molar-refractivity contribution >= 4 is 15.9 Å². The number of hydrogen-bond donors (Lipinski definition) is 1. The second-order valence-corrected chi connectivity index (χ2v) is 5.23. The number of hydrogen-bond acceptors (Lipinski definition) is 2. The second kappa shape index (κ2) is 4.66. The molecule has 1 fully saturated rings. The minimum Gasteiger partial charge on any atom is -0.312 e. The van der Waals surface area contributed by atoms with Crippen molar-refractivity contribution in [1.29, 1.82) is 0 Å². The van der Waals surface area contributed by atoms with Gasteiger partial charge < -0.3 is 5.32 Å². The number of rotatable bonds is 4. The molecular formula is C11H18BrN3. The molecule has 1 N–H and O–H groups in total. The van der Waals surface area contributed by atoms with Crippen LogP contribution in [0.1, 0.15) is 37.4 Å². The Morgan fingerprint density at radius 3 is 2.80 bits per heavy atom. The molecule has 4 heteroatoms. The summed E-state index contributed by atoms with van der Waals surface area (Å²) in [5.74, 6) is 0.907. The van der Waals surface area contributed by atoms with Gasteiger partial charge in [-0.25, -0.2) is 0 Å². The number of aryl methyl sites for hydroxylation is 1. The molecule has 1 aliphatic carbocycles. The highest BCUT2D eigenvalue weighted by atomic mass is 79.9. The van der Waals surface area contributed by atoms with Crippen LogP contribution in [-0.4, -0.2) is 16.8 Å². The Bertz CT molecular complexity index is 311. The van der Waals surface area contributed by atoms with Crippen LogP contribution in [0.2, 0.25) is 0 Å². The Hall–Kier alpha value is -0.350. The highest BCUT2D eigenvalue weighted by Crippen LogP contribution is 2.36. The van der Waals surface area contributed by atoms with Gasteiger partial charge in [0.15, 0.2) is 0 Å². The van der Waals surface area contributed by atoms with Crippen molar-refractivity contribution in [2.75, 3.05) is 7.05 Å². The van der Waals surface area contributed by atoms with Crippen molar-refractivity contribution in [2.45, 2.75) is 31.7 Å². The third-order valence-corrected chi connectivity index (χ3v) is 4.02. The Morgan fingerprint density at radius 2 is 2.40 bits per heavy atom. The van der Waals surface area contributed by atoms with Crippen LogP contribution in [0.15, 0.2) is 10.7 Å². The maximum atomic E-state index is 4.27. The van der Waals surface area contributed by atoms with Gasteiger partial charge in [-0.05, 0) is 35.3 Å². The van der Waals surface area contributed by atoms with E-state index in [4.69, 9.17) is 0 Å². The molecule has 1 aromatic heterocycles. The van der Waals surface area contributed by atoms with E-state index in [-0.39, 0.29) is 0 Å². The molecule has 1 unspecified atom stereocenters. The fourth-order valence-corrected chi connectivity index (χ4v) is 2.86. The summed E-state index contributed by atoms with van der Waals surface area (Å²) in [4.78, 5) is 0. The molecule has 0 amide bonds. The quantitative estimate of drug-likeness (QED) is 0.913. The van der Waals surface area contributed by atoms with Crippen molar-refractivity contribution in [3.63, 3.8) is 0 Å². The van der Waals surface area contributed by atoms with Gasteiger partial charge in [-0.3, -0.25) is 4.68 Å². The van der Waals surface area contributed by atoms with Gasteiger partial charge in [0.1, 0.15) is 0 Å². The first kappa shape index (κ1) is 11.1. The molecule has 84 valence electrons. The highest BCUT2D eigenvalue weighted by Gasteiger charge is 2.25. The van der Waals surface area contributed by atoms with Crippen LogP contribution in [-0.2, 0) is 7.05 Å². The van der Waals surface area contributed by atoms with E-state index in [2.05, 4.69) is 26.3 Å². The summed E-state index contributed by atoms with van der Waals surface area (Å²) >= 11 is 3.57. The van der Waals surface area contributed by atoms with E-state index < -0.39 is 0 Å². The third-order valence-electron chi connectivity index (χ3n) is 3.41. The monoisotopic (exact) mass is 271 g/mol. The van der Waals surface area contributed by atoms with Gasteiger partial charge >= 0.3 is 0 Å². The zero-order valence-electron chi connectivity index (χ0n) is 9.33. The minimum absolute atomic E-state index is 0.428.